The number of carbonyl (C=O) groups excluding carboxylic acids is 1. The molecule has 3 nitrogen and oxygen atoms in total. The van der Waals surface area contributed by atoms with Gasteiger partial charge in [0.05, 0.1) is 21.2 Å². The molecule has 0 radical (unpaired) electrons. The summed E-state index contributed by atoms with van der Waals surface area (Å²) in [4.78, 5) is 16.7. The van der Waals surface area contributed by atoms with E-state index in [0.717, 1.165) is 6.07 Å². The molecule has 1 rings (SSSR count). The lowest BCUT2D eigenvalue weighted by molar-refractivity contribution is -0.0589. The van der Waals surface area contributed by atoms with E-state index in [1.165, 1.54) is 6.07 Å². The minimum Gasteiger partial charge on any atom is -0.268 e. The van der Waals surface area contributed by atoms with Crippen molar-refractivity contribution in [2.45, 2.75) is 26.4 Å². The quantitative estimate of drug-likeness (QED) is 0.664. The molecule has 1 amide bonds. The normalized spacial score (nSPS) is 11.4. The van der Waals surface area contributed by atoms with Crippen LogP contribution < -0.4 is 5.48 Å². The van der Waals surface area contributed by atoms with Crippen molar-refractivity contribution in [1.29, 1.82) is 0 Å². The Morgan fingerprint density at radius 1 is 1.29 bits per heavy atom. The van der Waals surface area contributed by atoms with E-state index in [0.29, 0.717) is 0 Å². The second-order valence-corrected chi connectivity index (χ2v) is 5.21. The van der Waals surface area contributed by atoms with E-state index >= 15 is 0 Å². The molecule has 0 unspecified atom stereocenters. The monoisotopic (exact) mass is 279 g/mol. The number of halogens is 3. The number of rotatable bonds is 2. The Balaban J connectivity index is 2.86. The van der Waals surface area contributed by atoms with Crippen LogP contribution in [0.3, 0.4) is 0 Å². The highest BCUT2D eigenvalue weighted by Crippen LogP contribution is 2.24. The molecule has 0 saturated heterocycles. The van der Waals surface area contributed by atoms with E-state index < -0.39 is 17.3 Å². The van der Waals surface area contributed by atoms with Gasteiger partial charge in [0.2, 0.25) is 0 Å². The summed E-state index contributed by atoms with van der Waals surface area (Å²) in [6.45, 7) is 5.28. The van der Waals surface area contributed by atoms with Gasteiger partial charge < -0.3 is 0 Å². The molecule has 0 aliphatic carbocycles. The van der Waals surface area contributed by atoms with E-state index in [1.807, 2.05) is 0 Å². The molecule has 6 heteroatoms. The lowest BCUT2D eigenvalue weighted by Crippen LogP contribution is -2.33. The molecule has 94 valence electrons. The van der Waals surface area contributed by atoms with E-state index in [9.17, 15) is 9.18 Å². The van der Waals surface area contributed by atoms with Crippen LogP contribution in [0.15, 0.2) is 12.1 Å². The smallest absolute Gasteiger partial charge is 0.268 e. The van der Waals surface area contributed by atoms with Gasteiger partial charge in [-0.2, -0.15) is 0 Å². The topological polar surface area (TPSA) is 38.3 Å². The summed E-state index contributed by atoms with van der Waals surface area (Å²) in [5.74, 6) is -1.34. The summed E-state index contributed by atoms with van der Waals surface area (Å²) in [5.41, 5.74) is 1.61. The van der Waals surface area contributed by atoms with Crippen molar-refractivity contribution < 1.29 is 14.0 Å². The SMILES string of the molecule is CC(C)(C)ONC(=O)c1cc(F)c(Cl)cc1Cl. The number of hydrogen-bond donors (Lipinski definition) is 1. The Labute approximate surface area is 109 Å². The van der Waals surface area contributed by atoms with Gasteiger partial charge in [0, 0.05) is 0 Å². The summed E-state index contributed by atoms with van der Waals surface area (Å²) in [6.07, 6.45) is 0. The Kier molecular flexibility index (Phi) is 4.36. The molecule has 0 fully saturated rings. The molecule has 1 aromatic rings. The summed E-state index contributed by atoms with van der Waals surface area (Å²) in [7, 11) is 0. The molecule has 0 aliphatic rings. The van der Waals surface area contributed by atoms with Gasteiger partial charge in [0.15, 0.2) is 0 Å². The number of hydrogen-bond acceptors (Lipinski definition) is 2. The zero-order valence-corrected chi connectivity index (χ0v) is 11.1. The fraction of sp³-hybridized carbons (Fsp3) is 0.364. The molecular weight excluding hydrogens is 268 g/mol. The number of hydroxylamine groups is 1. The van der Waals surface area contributed by atoms with Crippen LogP contribution >= 0.6 is 23.2 Å². The molecule has 0 heterocycles. The van der Waals surface area contributed by atoms with Crippen molar-refractivity contribution >= 4 is 29.1 Å². The first-order chi connectivity index (χ1) is 7.70. The van der Waals surface area contributed by atoms with Crippen molar-refractivity contribution in [2.75, 3.05) is 0 Å². The van der Waals surface area contributed by atoms with Gasteiger partial charge in [-0.05, 0) is 32.9 Å². The van der Waals surface area contributed by atoms with Gasteiger partial charge in [0.25, 0.3) is 5.91 Å². The highest BCUT2D eigenvalue weighted by atomic mass is 35.5. The van der Waals surface area contributed by atoms with Crippen molar-refractivity contribution in [2.24, 2.45) is 0 Å². The van der Waals surface area contributed by atoms with Crippen molar-refractivity contribution in [3.05, 3.63) is 33.6 Å². The van der Waals surface area contributed by atoms with Gasteiger partial charge in [-0.3, -0.25) is 9.63 Å². The third-order valence-electron chi connectivity index (χ3n) is 1.70. The number of nitrogens with one attached hydrogen (secondary N) is 1. The predicted molar refractivity (Wildman–Crippen MR) is 64.7 cm³/mol. The number of benzene rings is 1. The Bertz CT molecular complexity index is 444. The third kappa shape index (κ3) is 4.15. The minimum atomic E-state index is -0.711. The lowest BCUT2D eigenvalue weighted by Gasteiger charge is -2.19. The minimum absolute atomic E-state index is 0.0298. The lowest BCUT2D eigenvalue weighted by atomic mass is 10.2. The molecule has 0 aromatic heterocycles. The van der Waals surface area contributed by atoms with Crippen LogP contribution in [0.2, 0.25) is 10.0 Å². The van der Waals surface area contributed by atoms with Crippen LogP contribution in [-0.2, 0) is 4.84 Å². The van der Waals surface area contributed by atoms with Gasteiger partial charge in [-0.1, -0.05) is 23.2 Å². The molecule has 0 saturated carbocycles. The van der Waals surface area contributed by atoms with Crippen molar-refractivity contribution in [3.63, 3.8) is 0 Å². The average molecular weight is 280 g/mol. The predicted octanol–water partition coefficient (Wildman–Crippen LogP) is 3.59. The summed E-state index contributed by atoms with van der Waals surface area (Å²) in [6, 6.07) is 2.14. The molecule has 17 heavy (non-hydrogen) atoms. The van der Waals surface area contributed by atoms with Crippen LogP contribution in [0.25, 0.3) is 0 Å². The Morgan fingerprint density at radius 3 is 2.41 bits per heavy atom. The zero-order chi connectivity index (χ0) is 13.2. The van der Waals surface area contributed by atoms with E-state index in [-0.39, 0.29) is 15.6 Å². The number of carbonyl (C=O) groups is 1. The zero-order valence-electron chi connectivity index (χ0n) is 9.61. The highest BCUT2D eigenvalue weighted by molar-refractivity contribution is 6.36. The standard InChI is InChI=1S/C11H12Cl2FNO2/c1-11(2,3)17-15-10(16)6-4-9(14)8(13)5-7(6)12/h4-5H,1-3H3,(H,15,16). The molecule has 0 spiro atoms. The second-order valence-electron chi connectivity index (χ2n) is 4.39. The fourth-order valence-corrected chi connectivity index (χ4v) is 1.42. The Hall–Kier alpha value is -0.840. The summed E-state index contributed by atoms with van der Waals surface area (Å²) >= 11 is 11.3. The second kappa shape index (κ2) is 5.21. The third-order valence-corrected chi connectivity index (χ3v) is 2.31. The summed E-state index contributed by atoms with van der Waals surface area (Å²) < 4.78 is 13.2. The first kappa shape index (κ1) is 14.2. The van der Waals surface area contributed by atoms with Gasteiger partial charge in [0.1, 0.15) is 5.82 Å². The fourth-order valence-electron chi connectivity index (χ4n) is 0.951. The average Bonchev–Trinajstić information content (AvgIpc) is 2.19. The molecule has 1 N–H and O–H groups in total. The van der Waals surface area contributed by atoms with Gasteiger partial charge >= 0.3 is 0 Å². The van der Waals surface area contributed by atoms with E-state index in [4.69, 9.17) is 28.0 Å². The van der Waals surface area contributed by atoms with Crippen molar-refractivity contribution in [1.82, 2.24) is 5.48 Å². The Morgan fingerprint density at radius 2 is 1.88 bits per heavy atom. The molecule has 0 atom stereocenters. The molecule has 1 aromatic carbocycles. The van der Waals surface area contributed by atoms with E-state index in [2.05, 4.69) is 5.48 Å². The van der Waals surface area contributed by atoms with Crippen LogP contribution in [0.4, 0.5) is 4.39 Å². The maximum absolute atomic E-state index is 13.2. The van der Waals surface area contributed by atoms with Crippen molar-refractivity contribution in [3.8, 4) is 0 Å². The van der Waals surface area contributed by atoms with E-state index in [1.54, 1.807) is 20.8 Å². The maximum Gasteiger partial charge on any atom is 0.276 e. The van der Waals surface area contributed by atoms with Gasteiger partial charge in [-0.25, -0.2) is 9.87 Å². The molecule has 0 bridgehead atoms. The van der Waals surface area contributed by atoms with Gasteiger partial charge in [-0.15, -0.1) is 0 Å². The van der Waals surface area contributed by atoms with Crippen LogP contribution in [-0.4, -0.2) is 11.5 Å². The number of amides is 1. The van der Waals surface area contributed by atoms with Crippen LogP contribution in [0.1, 0.15) is 31.1 Å². The first-order valence-corrected chi connectivity index (χ1v) is 5.59. The maximum atomic E-state index is 13.2. The summed E-state index contributed by atoms with van der Waals surface area (Å²) in [5, 5.41) is -0.0744. The highest BCUT2D eigenvalue weighted by Gasteiger charge is 2.17. The first-order valence-electron chi connectivity index (χ1n) is 4.83. The largest absolute Gasteiger partial charge is 0.276 e. The molecule has 0 aliphatic heterocycles. The van der Waals surface area contributed by atoms with Crippen LogP contribution in [0, 0.1) is 5.82 Å². The van der Waals surface area contributed by atoms with Crippen LogP contribution in [0.5, 0.6) is 0 Å². The molecular formula is C11H12Cl2FNO2.